The maximum absolute atomic E-state index is 12.6. The standard InChI is InChI=1S/C31H27N5O/c32-17-26-2-1-3-28-29(26)34-30(36(28)19-20-13-15-35(18-20)31(37)24-9-10-24)23-7-4-21(5-8-23)25-11-6-22-12-14-33-27(22)16-25/h1-8,11-12,14,16,20,24,33H,9-10,13,15,18-19H2/t20-/m1/s1. The van der Waals surface area contributed by atoms with Crippen LogP contribution in [-0.4, -0.2) is 38.4 Å². The van der Waals surface area contributed by atoms with Crippen LogP contribution in [0.3, 0.4) is 0 Å². The fourth-order valence-electron chi connectivity index (χ4n) is 5.71. The number of carbonyl (C=O) groups is 1. The Morgan fingerprint density at radius 3 is 2.62 bits per heavy atom. The lowest BCUT2D eigenvalue weighted by Gasteiger charge is -2.18. The Balaban J connectivity index is 1.23. The van der Waals surface area contributed by atoms with Gasteiger partial charge in [-0.25, -0.2) is 4.98 Å². The summed E-state index contributed by atoms with van der Waals surface area (Å²) in [6.45, 7) is 2.41. The largest absolute Gasteiger partial charge is 0.361 e. The van der Waals surface area contributed by atoms with Gasteiger partial charge in [-0.05, 0) is 66.0 Å². The maximum Gasteiger partial charge on any atom is 0.225 e. The SMILES string of the molecule is N#Cc1cccc2c1nc(-c1ccc(-c3ccc4cc[nH]c4c3)cc1)n2C[C@@H]1CCN(C(=O)C2CC2)C1. The number of nitriles is 1. The third-order valence-electron chi connectivity index (χ3n) is 7.90. The number of aromatic amines is 1. The third kappa shape index (κ3) is 3.88. The molecule has 1 amide bonds. The van der Waals surface area contributed by atoms with E-state index in [0.717, 1.165) is 78.0 Å². The van der Waals surface area contributed by atoms with Crippen LogP contribution in [-0.2, 0) is 11.3 Å². The highest BCUT2D eigenvalue weighted by Gasteiger charge is 2.36. The molecule has 1 atom stereocenters. The fraction of sp³-hybridized carbons (Fsp3) is 0.258. The molecule has 7 rings (SSSR count). The van der Waals surface area contributed by atoms with Crippen LogP contribution in [0.1, 0.15) is 24.8 Å². The number of likely N-dealkylation sites (tertiary alicyclic amines) is 1. The molecule has 3 heterocycles. The van der Waals surface area contributed by atoms with Gasteiger partial charge in [0.2, 0.25) is 5.91 Å². The van der Waals surface area contributed by atoms with Gasteiger partial charge in [-0.3, -0.25) is 4.79 Å². The Morgan fingerprint density at radius 1 is 1.00 bits per heavy atom. The van der Waals surface area contributed by atoms with Crippen molar-refractivity contribution >= 4 is 27.8 Å². The number of para-hydroxylation sites is 1. The van der Waals surface area contributed by atoms with Gasteiger partial charge in [0.25, 0.3) is 0 Å². The van der Waals surface area contributed by atoms with E-state index in [1.807, 2.05) is 18.3 Å². The minimum Gasteiger partial charge on any atom is -0.361 e. The summed E-state index contributed by atoms with van der Waals surface area (Å²) in [7, 11) is 0. The zero-order valence-electron chi connectivity index (χ0n) is 20.5. The second kappa shape index (κ2) is 8.63. The number of fused-ring (bicyclic) bond motifs is 2. The van der Waals surface area contributed by atoms with Gasteiger partial charge in [-0.2, -0.15) is 5.26 Å². The second-order valence-corrected chi connectivity index (χ2v) is 10.4. The first-order valence-corrected chi connectivity index (χ1v) is 13.0. The Labute approximate surface area is 215 Å². The summed E-state index contributed by atoms with van der Waals surface area (Å²) in [5.74, 6) is 1.84. The molecule has 5 aromatic rings. The molecule has 37 heavy (non-hydrogen) atoms. The summed E-state index contributed by atoms with van der Waals surface area (Å²) in [5.41, 5.74) is 6.75. The minimum atomic E-state index is 0.262. The molecule has 1 saturated carbocycles. The van der Waals surface area contributed by atoms with Crippen molar-refractivity contribution in [3.05, 3.63) is 78.5 Å². The smallest absolute Gasteiger partial charge is 0.225 e. The van der Waals surface area contributed by atoms with Crippen LogP contribution in [0.25, 0.3) is 44.5 Å². The predicted molar refractivity (Wildman–Crippen MR) is 145 cm³/mol. The third-order valence-corrected chi connectivity index (χ3v) is 7.90. The van der Waals surface area contributed by atoms with E-state index in [4.69, 9.17) is 4.98 Å². The Kier molecular flexibility index (Phi) is 5.10. The van der Waals surface area contributed by atoms with Gasteiger partial charge >= 0.3 is 0 Å². The molecule has 2 aliphatic rings. The number of aromatic nitrogens is 3. The zero-order chi connectivity index (χ0) is 24.9. The summed E-state index contributed by atoms with van der Waals surface area (Å²) in [6.07, 6.45) is 5.04. The molecule has 2 fully saturated rings. The van der Waals surface area contributed by atoms with Gasteiger partial charge in [0, 0.05) is 42.8 Å². The molecule has 2 aromatic heterocycles. The number of hydrogen-bond acceptors (Lipinski definition) is 3. The van der Waals surface area contributed by atoms with Crippen molar-refractivity contribution in [1.29, 1.82) is 5.26 Å². The van der Waals surface area contributed by atoms with E-state index >= 15 is 0 Å². The van der Waals surface area contributed by atoms with Gasteiger partial charge in [0.15, 0.2) is 0 Å². The quantitative estimate of drug-likeness (QED) is 0.333. The Hall–Kier alpha value is -4.37. The number of H-pyrrole nitrogens is 1. The normalized spacial score (nSPS) is 17.5. The van der Waals surface area contributed by atoms with E-state index in [0.29, 0.717) is 17.4 Å². The lowest BCUT2D eigenvalue weighted by atomic mass is 10.0. The Morgan fingerprint density at radius 2 is 1.81 bits per heavy atom. The molecule has 1 N–H and O–H groups in total. The van der Waals surface area contributed by atoms with Crippen LogP contribution in [0.5, 0.6) is 0 Å². The van der Waals surface area contributed by atoms with Crippen LogP contribution < -0.4 is 0 Å². The van der Waals surface area contributed by atoms with Gasteiger partial charge in [-0.15, -0.1) is 0 Å². The average Bonchev–Trinajstić information content (AvgIpc) is 3.32. The van der Waals surface area contributed by atoms with Gasteiger partial charge in [0.1, 0.15) is 17.4 Å². The lowest BCUT2D eigenvalue weighted by molar-refractivity contribution is -0.131. The zero-order valence-corrected chi connectivity index (χ0v) is 20.5. The van der Waals surface area contributed by atoms with E-state index in [1.165, 1.54) is 5.39 Å². The number of nitrogens with zero attached hydrogens (tertiary/aromatic N) is 4. The number of carbonyl (C=O) groups excluding carboxylic acids is 1. The summed E-state index contributed by atoms with van der Waals surface area (Å²) in [6, 6.07) is 25.2. The number of nitrogens with one attached hydrogen (secondary N) is 1. The van der Waals surface area contributed by atoms with E-state index < -0.39 is 0 Å². The summed E-state index contributed by atoms with van der Waals surface area (Å²) in [4.78, 5) is 22.9. The molecule has 0 bridgehead atoms. The van der Waals surface area contributed by atoms with Crippen molar-refractivity contribution in [3.8, 4) is 28.6 Å². The van der Waals surface area contributed by atoms with Crippen molar-refractivity contribution in [2.75, 3.05) is 13.1 Å². The molecule has 6 nitrogen and oxygen atoms in total. The number of benzene rings is 3. The molecule has 0 spiro atoms. The van der Waals surface area contributed by atoms with Crippen LogP contribution in [0.15, 0.2) is 72.9 Å². The molecule has 0 unspecified atom stereocenters. The van der Waals surface area contributed by atoms with Crippen molar-refractivity contribution in [2.45, 2.75) is 25.8 Å². The van der Waals surface area contributed by atoms with Crippen LogP contribution in [0, 0.1) is 23.2 Å². The summed E-state index contributed by atoms with van der Waals surface area (Å²) in [5, 5.41) is 10.9. The second-order valence-electron chi connectivity index (χ2n) is 10.4. The number of amides is 1. The highest BCUT2D eigenvalue weighted by atomic mass is 16.2. The molecule has 1 saturated heterocycles. The lowest BCUT2D eigenvalue weighted by Crippen LogP contribution is -2.30. The molecule has 3 aromatic carbocycles. The molecule has 0 radical (unpaired) electrons. The van der Waals surface area contributed by atoms with Crippen molar-refractivity contribution < 1.29 is 4.79 Å². The van der Waals surface area contributed by atoms with Crippen LogP contribution in [0.4, 0.5) is 0 Å². The van der Waals surface area contributed by atoms with Gasteiger partial charge in [-0.1, -0.05) is 42.5 Å². The molecule has 1 aliphatic carbocycles. The van der Waals surface area contributed by atoms with E-state index in [2.05, 4.69) is 75.1 Å². The molecule has 6 heteroatoms. The predicted octanol–water partition coefficient (Wildman–Crippen LogP) is 5.98. The minimum absolute atomic E-state index is 0.262. The molecule has 182 valence electrons. The van der Waals surface area contributed by atoms with Crippen LogP contribution >= 0.6 is 0 Å². The number of hydrogen-bond donors (Lipinski definition) is 1. The Bertz CT molecular complexity index is 1680. The molecular formula is C31H27N5O. The average molecular weight is 486 g/mol. The maximum atomic E-state index is 12.6. The van der Waals surface area contributed by atoms with Gasteiger partial charge in [0.05, 0.1) is 11.1 Å². The topological polar surface area (TPSA) is 77.7 Å². The van der Waals surface area contributed by atoms with E-state index in [9.17, 15) is 10.1 Å². The van der Waals surface area contributed by atoms with Gasteiger partial charge < -0.3 is 14.5 Å². The first-order chi connectivity index (χ1) is 18.2. The van der Waals surface area contributed by atoms with Crippen molar-refractivity contribution in [1.82, 2.24) is 19.4 Å². The fourth-order valence-corrected chi connectivity index (χ4v) is 5.71. The highest BCUT2D eigenvalue weighted by molar-refractivity contribution is 5.87. The first-order valence-electron chi connectivity index (χ1n) is 13.0. The summed E-state index contributed by atoms with van der Waals surface area (Å²) < 4.78 is 2.26. The number of imidazole rings is 1. The van der Waals surface area contributed by atoms with Crippen molar-refractivity contribution in [3.63, 3.8) is 0 Å². The monoisotopic (exact) mass is 485 g/mol. The molecule has 1 aliphatic heterocycles. The van der Waals surface area contributed by atoms with E-state index in [-0.39, 0.29) is 5.92 Å². The van der Waals surface area contributed by atoms with E-state index in [1.54, 1.807) is 0 Å². The van der Waals surface area contributed by atoms with Crippen LogP contribution in [0.2, 0.25) is 0 Å². The number of rotatable bonds is 5. The summed E-state index contributed by atoms with van der Waals surface area (Å²) >= 11 is 0. The first kappa shape index (κ1) is 21.9. The highest BCUT2D eigenvalue weighted by Crippen LogP contribution is 2.35. The molecular weight excluding hydrogens is 458 g/mol. The van der Waals surface area contributed by atoms with Crippen molar-refractivity contribution in [2.24, 2.45) is 11.8 Å².